The molecule has 5 nitrogen and oxygen atoms in total. The van der Waals surface area contributed by atoms with Crippen molar-refractivity contribution in [1.82, 2.24) is 5.32 Å². The highest BCUT2D eigenvalue weighted by Gasteiger charge is 2.47. The number of carbonyl (C=O) groups is 2. The van der Waals surface area contributed by atoms with Gasteiger partial charge in [-0.15, -0.1) is 0 Å². The summed E-state index contributed by atoms with van der Waals surface area (Å²) >= 11 is 5.89. The molecule has 6 heteroatoms. The number of ether oxygens (including phenoxy) is 1. The average Bonchev–Trinajstić information content (AvgIpc) is 2.93. The molecule has 3 rings (SSSR count). The summed E-state index contributed by atoms with van der Waals surface area (Å²) in [6.45, 7) is 1.49. The van der Waals surface area contributed by atoms with E-state index in [4.69, 9.17) is 16.3 Å². The summed E-state index contributed by atoms with van der Waals surface area (Å²) in [6, 6.07) is 5.05. The minimum Gasteiger partial charge on any atom is -0.466 e. The highest BCUT2D eigenvalue weighted by atomic mass is 35.5. The van der Waals surface area contributed by atoms with E-state index < -0.39 is 17.4 Å². The van der Waals surface area contributed by atoms with Crippen LogP contribution >= 0.6 is 11.6 Å². The first-order valence-corrected chi connectivity index (χ1v) is 7.48. The zero-order valence-corrected chi connectivity index (χ0v) is 12.5. The van der Waals surface area contributed by atoms with E-state index >= 15 is 0 Å². The molecular weight excluding hydrogens is 292 g/mol. The Kier molecular flexibility index (Phi) is 3.53. The molecule has 0 unspecified atom stereocenters. The van der Waals surface area contributed by atoms with Gasteiger partial charge in [0.05, 0.1) is 5.69 Å². The van der Waals surface area contributed by atoms with Gasteiger partial charge >= 0.3 is 0 Å². The zero-order chi connectivity index (χ0) is 15.0. The average molecular weight is 309 g/mol. The molecule has 112 valence electrons. The van der Waals surface area contributed by atoms with Crippen LogP contribution in [0.25, 0.3) is 0 Å². The molecule has 1 saturated carbocycles. The summed E-state index contributed by atoms with van der Waals surface area (Å²) in [5.41, 5.74) is -1.07. The summed E-state index contributed by atoms with van der Waals surface area (Å²) in [4.78, 5) is 24.7. The fraction of sp³-hybridized carbons (Fsp3) is 0.467. The normalized spacial score (nSPS) is 25.0. The van der Waals surface area contributed by atoms with E-state index in [9.17, 15) is 9.59 Å². The van der Waals surface area contributed by atoms with E-state index in [1.807, 2.05) is 0 Å². The molecule has 0 spiro atoms. The molecule has 2 aliphatic rings. The molecule has 1 aromatic carbocycles. The third kappa shape index (κ3) is 2.58. The molecule has 1 fully saturated rings. The smallest absolute Gasteiger partial charge is 0.278 e. The first-order chi connectivity index (χ1) is 9.99. The Morgan fingerprint density at radius 2 is 2.14 bits per heavy atom. The summed E-state index contributed by atoms with van der Waals surface area (Å²) in [7, 11) is 0. The number of anilines is 1. The van der Waals surface area contributed by atoms with E-state index in [1.54, 1.807) is 18.2 Å². The van der Waals surface area contributed by atoms with Gasteiger partial charge in [-0.3, -0.25) is 9.59 Å². The molecule has 1 aliphatic heterocycles. The molecule has 2 amide bonds. The van der Waals surface area contributed by atoms with Gasteiger partial charge in [-0.2, -0.15) is 0 Å². The second kappa shape index (κ2) is 5.22. The third-order valence-electron chi connectivity index (χ3n) is 4.06. The number of fused-ring (bicyclic) bond motifs is 1. The third-order valence-corrected chi connectivity index (χ3v) is 4.30. The molecule has 21 heavy (non-hydrogen) atoms. The largest absolute Gasteiger partial charge is 0.466 e. The van der Waals surface area contributed by atoms with Gasteiger partial charge in [-0.05, 0) is 38.0 Å². The lowest BCUT2D eigenvalue weighted by molar-refractivity contribution is -0.147. The van der Waals surface area contributed by atoms with Crippen LogP contribution in [0.15, 0.2) is 18.2 Å². The number of amides is 2. The Bertz CT molecular complexity index is 599. The van der Waals surface area contributed by atoms with E-state index in [1.165, 1.54) is 6.92 Å². The summed E-state index contributed by atoms with van der Waals surface area (Å²) in [5.74, 6) is -0.427. The lowest BCUT2D eigenvalue weighted by atomic mass is 10.0. The van der Waals surface area contributed by atoms with Crippen LogP contribution in [0, 0.1) is 0 Å². The minimum atomic E-state index is -1.55. The molecular formula is C15H17ClN2O3. The molecule has 1 heterocycles. The highest BCUT2D eigenvalue weighted by molar-refractivity contribution is 6.31. The van der Waals surface area contributed by atoms with Crippen molar-refractivity contribution in [2.75, 3.05) is 5.32 Å². The number of benzene rings is 1. The Balaban J connectivity index is 1.82. The number of nitrogens with one attached hydrogen (secondary N) is 2. The Morgan fingerprint density at radius 3 is 2.86 bits per heavy atom. The van der Waals surface area contributed by atoms with Crippen LogP contribution in [0.2, 0.25) is 5.02 Å². The maximum Gasteiger partial charge on any atom is 0.278 e. The molecule has 1 atom stereocenters. The van der Waals surface area contributed by atoms with E-state index in [0.29, 0.717) is 16.5 Å². The van der Waals surface area contributed by atoms with E-state index in [0.717, 1.165) is 25.7 Å². The fourth-order valence-electron chi connectivity index (χ4n) is 2.74. The Morgan fingerprint density at radius 1 is 1.43 bits per heavy atom. The number of hydrogen-bond acceptors (Lipinski definition) is 3. The summed E-state index contributed by atoms with van der Waals surface area (Å²) in [5, 5.41) is 6.10. The van der Waals surface area contributed by atoms with Crippen molar-refractivity contribution in [3.8, 4) is 5.75 Å². The Hall–Kier alpha value is -1.75. The molecule has 1 aromatic rings. The minimum absolute atomic E-state index is 0.136. The number of halogens is 1. The van der Waals surface area contributed by atoms with Crippen molar-refractivity contribution >= 4 is 29.1 Å². The van der Waals surface area contributed by atoms with E-state index in [2.05, 4.69) is 10.6 Å². The molecule has 0 aromatic heterocycles. The van der Waals surface area contributed by atoms with Gasteiger partial charge < -0.3 is 15.4 Å². The van der Waals surface area contributed by atoms with Crippen molar-refractivity contribution < 1.29 is 14.3 Å². The van der Waals surface area contributed by atoms with Crippen LogP contribution in [-0.2, 0) is 9.59 Å². The van der Waals surface area contributed by atoms with Gasteiger partial charge in [0, 0.05) is 11.1 Å². The van der Waals surface area contributed by atoms with Crippen molar-refractivity contribution in [2.45, 2.75) is 44.2 Å². The van der Waals surface area contributed by atoms with Gasteiger partial charge in [0.2, 0.25) is 0 Å². The maximum absolute atomic E-state index is 12.4. The van der Waals surface area contributed by atoms with Crippen LogP contribution in [0.4, 0.5) is 5.69 Å². The van der Waals surface area contributed by atoms with E-state index in [-0.39, 0.29) is 6.04 Å². The number of rotatable bonds is 2. The fourth-order valence-corrected chi connectivity index (χ4v) is 2.91. The van der Waals surface area contributed by atoms with Gasteiger partial charge in [-0.25, -0.2) is 0 Å². The van der Waals surface area contributed by atoms with Crippen LogP contribution in [0.1, 0.15) is 32.6 Å². The first kappa shape index (κ1) is 14.2. The summed E-state index contributed by atoms with van der Waals surface area (Å²) < 4.78 is 5.68. The molecule has 2 N–H and O–H groups in total. The number of carbonyl (C=O) groups excluding carboxylic acids is 2. The lowest BCUT2D eigenvalue weighted by Crippen LogP contribution is -2.60. The molecule has 1 aliphatic carbocycles. The van der Waals surface area contributed by atoms with Gasteiger partial charge in [0.1, 0.15) is 5.75 Å². The van der Waals surface area contributed by atoms with Crippen molar-refractivity contribution in [3.05, 3.63) is 23.2 Å². The Labute approximate surface area is 128 Å². The second-order valence-electron chi connectivity index (χ2n) is 5.68. The molecule has 0 radical (unpaired) electrons. The van der Waals surface area contributed by atoms with Crippen molar-refractivity contribution in [3.63, 3.8) is 0 Å². The second-order valence-corrected chi connectivity index (χ2v) is 6.12. The quantitative estimate of drug-likeness (QED) is 0.825. The van der Waals surface area contributed by atoms with Crippen molar-refractivity contribution in [2.24, 2.45) is 0 Å². The predicted molar refractivity (Wildman–Crippen MR) is 79.5 cm³/mol. The first-order valence-electron chi connectivity index (χ1n) is 7.10. The number of hydrogen-bond donors (Lipinski definition) is 2. The van der Waals surface area contributed by atoms with Gasteiger partial charge in [0.25, 0.3) is 17.4 Å². The highest BCUT2D eigenvalue weighted by Crippen LogP contribution is 2.35. The summed E-state index contributed by atoms with van der Waals surface area (Å²) in [6.07, 6.45) is 4.12. The van der Waals surface area contributed by atoms with Crippen LogP contribution in [0.5, 0.6) is 5.75 Å². The molecule has 0 bridgehead atoms. The van der Waals surface area contributed by atoms with Crippen LogP contribution in [-0.4, -0.2) is 23.5 Å². The maximum atomic E-state index is 12.4. The van der Waals surface area contributed by atoms with Crippen LogP contribution < -0.4 is 15.4 Å². The lowest BCUT2D eigenvalue weighted by Gasteiger charge is -2.34. The van der Waals surface area contributed by atoms with Crippen molar-refractivity contribution in [1.29, 1.82) is 0 Å². The van der Waals surface area contributed by atoms with Crippen LogP contribution in [0.3, 0.4) is 0 Å². The zero-order valence-electron chi connectivity index (χ0n) is 11.7. The molecule has 0 saturated heterocycles. The standard InChI is InChI=1S/C15H17ClN2O3/c1-15(13(19)17-10-4-2-3-5-10)14(20)18-11-8-9(16)6-7-12(11)21-15/h6-8,10H,2-5H2,1H3,(H,17,19)(H,18,20)/t15-/m0/s1. The predicted octanol–water partition coefficient (Wildman–Crippen LogP) is 2.49. The van der Waals surface area contributed by atoms with Gasteiger partial charge in [-0.1, -0.05) is 24.4 Å². The topological polar surface area (TPSA) is 67.4 Å². The SMILES string of the molecule is C[C@@]1(C(=O)NC2CCCC2)Oc2ccc(Cl)cc2NC1=O. The van der Waals surface area contributed by atoms with Gasteiger partial charge in [0.15, 0.2) is 0 Å². The monoisotopic (exact) mass is 308 g/mol.